The van der Waals surface area contributed by atoms with Crippen LogP contribution >= 0.6 is 11.8 Å². The molecule has 1 aromatic rings. The van der Waals surface area contributed by atoms with Gasteiger partial charge in [0.1, 0.15) is 0 Å². The molecule has 0 radical (unpaired) electrons. The lowest BCUT2D eigenvalue weighted by Crippen LogP contribution is -1.81. The molecule has 0 aliphatic rings. The highest BCUT2D eigenvalue weighted by Crippen LogP contribution is 2.02. The molecule has 1 aromatic carbocycles. The minimum Gasteiger partial charge on any atom is -0.399 e. The van der Waals surface area contributed by atoms with Crippen LogP contribution in [0.3, 0.4) is 0 Å². The number of anilines is 1. The molecule has 0 aliphatic carbocycles. The average Bonchev–Trinajstić information content (AvgIpc) is 1.97. The minimum absolute atomic E-state index is 0.829. The Morgan fingerprint density at radius 3 is 1.73 bits per heavy atom. The molecule has 11 heavy (non-hydrogen) atoms. The Hall–Kier alpha value is -0.630. The van der Waals surface area contributed by atoms with Crippen LogP contribution in [0.1, 0.15) is 5.56 Å². The number of aryl methyl sites for hydroxylation is 1. The van der Waals surface area contributed by atoms with E-state index < -0.39 is 0 Å². The van der Waals surface area contributed by atoms with Crippen molar-refractivity contribution in [3.05, 3.63) is 29.8 Å². The van der Waals surface area contributed by atoms with Gasteiger partial charge in [0, 0.05) is 5.69 Å². The van der Waals surface area contributed by atoms with Crippen molar-refractivity contribution >= 4 is 17.4 Å². The van der Waals surface area contributed by atoms with Crippen LogP contribution < -0.4 is 5.73 Å². The SMILES string of the molecule is CSC.Cc1ccc(N)cc1. The molecule has 0 aromatic heterocycles. The summed E-state index contributed by atoms with van der Waals surface area (Å²) in [5.41, 5.74) is 7.51. The first-order valence-electron chi connectivity index (χ1n) is 3.43. The van der Waals surface area contributed by atoms with E-state index in [-0.39, 0.29) is 0 Å². The zero-order chi connectivity index (χ0) is 8.69. The van der Waals surface area contributed by atoms with E-state index in [0.29, 0.717) is 0 Å². The van der Waals surface area contributed by atoms with Crippen LogP contribution in [0.5, 0.6) is 0 Å². The maximum Gasteiger partial charge on any atom is 0.0314 e. The third kappa shape index (κ3) is 5.80. The minimum atomic E-state index is 0.829. The molecule has 0 spiro atoms. The molecular formula is C9H15NS. The van der Waals surface area contributed by atoms with Crippen molar-refractivity contribution in [1.29, 1.82) is 0 Å². The molecule has 1 rings (SSSR count). The van der Waals surface area contributed by atoms with Crippen LogP contribution in [0.4, 0.5) is 5.69 Å². The number of thioether (sulfide) groups is 1. The molecule has 0 saturated carbocycles. The van der Waals surface area contributed by atoms with Crippen molar-refractivity contribution in [1.82, 2.24) is 0 Å². The van der Waals surface area contributed by atoms with Gasteiger partial charge in [-0.1, -0.05) is 17.7 Å². The maximum atomic E-state index is 5.43. The van der Waals surface area contributed by atoms with Gasteiger partial charge in [-0.2, -0.15) is 11.8 Å². The van der Waals surface area contributed by atoms with Crippen LogP contribution in [-0.2, 0) is 0 Å². The summed E-state index contributed by atoms with van der Waals surface area (Å²) in [6.07, 6.45) is 4.08. The maximum absolute atomic E-state index is 5.43. The second-order valence-electron chi connectivity index (χ2n) is 2.32. The highest BCUT2D eigenvalue weighted by atomic mass is 32.2. The fraction of sp³-hybridized carbons (Fsp3) is 0.333. The molecular weight excluding hydrogens is 154 g/mol. The summed E-state index contributed by atoms with van der Waals surface area (Å²) >= 11 is 1.75. The quantitative estimate of drug-likeness (QED) is 0.604. The smallest absolute Gasteiger partial charge is 0.0314 e. The number of benzene rings is 1. The zero-order valence-corrected chi connectivity index (χ0v) is 8.11. The van der Waals surface area contributed by atoms with E-state index in [1.807, 2.05) is 43.7 Å². The molecule has 0 saturated heterocycles. The molecule has 0 fully saturated rings. The highest BCUT2D eigenvalue weighted by Gasteiger charge is 1.80. The normalized spacial score (nSPS) is 8.27. The Bertz CT molecular complexity index is 160. The molecule has 0 unspecified atom stereocenters. The zero-order valence-electron chi connectivity index (χ0n) is 7.29. The summed E-state index contributed by atoms with van der Waals surface area (Å²) in [5.74, 6) is 0. The number of rotatable bonds is 0. The molecule has 0 amide bonds. The van der Waals surface area contributed by atoms with Gasteiger partial charge in [0.05, 0.1) is 0 Å². The molecule has 1 nitrogen and oxygen atoms in total. The lowest BCUT2D eigenvalue weighted by Gasteiger charge is -1.90. The van der Waals surface area contributed by atoms with Gasteiger partial charge in [0.25, 0.3) is 0 Å². The standard InChI is InChI=1S/C7H9N.C2H6S/c1-6-2-4-7(8)5-3-6;1-3-2/h2-5H,8H2,1H3;1-2H3. The van der Waals surface area contributed by atoms with Crippen molar-refractivity contribution in [2.75, 3.05) is 18.2 Å². The van der Waals surface area contributed by atoms with E-state index in [0.717, 1.165) is 5.69 Å². The molecule has 0 aliphatic heterocycles. The van der Waals surface area contributed by atoms with Crippen LogP contribution in [0.15, 0.2) is 24.3 Å². The highest BCUT2D eigenvalue weighted by molar-refractivity contribution is 7.97. The van der Waals surface area contributed by atoms with E-state index in [1.165, 1.54) is 5.56 Å². The number of nitrogens with two attached hydrogens (primary N) is 1. The summed E-state index contributed by atoms with van der Waals surface area (Å²) in [6, 6.07) is 7.79. The lowest BCUT2D eigenvalue weighted by atomic mass is 10.2. The summed E-state index contributed by atoms with van der Waals surface area (Å²) in [6.45, 7) is 2.04. The molecule has 62 valence electrons. The van der Waals surface area contributed by atoms with E-state index in [4.69, 9.17) is 5.73 Å². The van der Waals surface area contributed by atoms with Crippen LogP contribution in [0, 0.1) is 6.92 Å². The summed E-state index contributed by atoms with van der Waals surface area (Å²) < 4.78 is 0. The first kappa shape index (κ1) is 10.4. The van der Waals surface area contributed by atoms with Gasteiger partial charge in [-0.05, 0) is 31.6 Å². The first-order chi connectivity index (χ1) is 5.20. The molecule has 0 bridgehead atoms. The molecule has 2 N–H and O–H groups in total. The predicted molar refractivity (Wildman–Crippen MR) is 55.0 cm³/mol. The monoisotopic (exact) mass is 169 g/mol. The summed E-state index contributed by atoms with van der Waals surface area (Å²) in [7, 11) is 0. The van der Waals surface area contributed by atoms with Crippen molar-refractivity contribution < 1.29 is 0 Å². The number of nitrogen functional groups attached to an aromatic ring is 1. The van der Waals surface area contributed by atoms with Gasteiger partial charge in [-0.3, -0.25) is 0 Å². The van der Waals surface area contributed by atoms with E-state index in [9.17, 15) is 0 Å². The molecule has 0 heterocycles. The molecule has 0 atom stereocenters. The van der Waals surface area contributed by atoms with Crippen molar-refractivity contribution in [3.8, 4) is 0 Å². The Balaban J connectivity index is 0.000000292. The van der Waals surface area contributed by atoms with Gasteiger partial charge < -0.3 is 5.73 Å². The predicted octanol–water partition coefficient (Wildman–Crippen LogP) is 2.56. The Morgan fingerprint density at radius 1 is 1.09 bits per heavy atom. The van der Waals surface area contributed by atoms with Gasteiger partial charge >= 0.3 is 0 Å². The van der Waals surface area contributed by atoms with E-state index >= 15 is 0 Å². The van der Waals surface area contributed by atoms with Crippen LogP contribution in [-0.4, -0.2) is 12.5 Å². The van der Waals surface area contributed by atoms with Crippen LogP contribution in [0.25, 0.3) is 0 Å². The fourth-order valence-electron chi connectivity index (χ4n) is 0.566. The largest absolute Gasteiger partial charge is 0.399 e. The van der Waals surface area contributed by atoms with Crippen molar-refractivity contribution in [2.45, 2.75) is 6.92 Å². The third-order valence-corrected chi connectivity index (χ3v) is 1.08. The number of hydrogen-bond acceptors (Lipinski definition) is 2. The fourth-order valence-corrected chi connectivity index (χ4v) is 0.566. The first-order valence-corrected chi connectivity index (χ1v) is 5.06. The van der Waals surface area contributed by atoms with E-state index in [1.54, 1.807) is 11.8 Å². The Kier molecular flexibility index (Phi) is 5.75. The van der Waals surface area contributed by atoms with Crippen LogP contribution in [0.2, 0.25) is 0 Å². The van der Waals surface area contributed by atoms with E-state index in [2.05, 4.69) is 0 Å². The second-order valence-corrected chi connectivity index (χ2v) is 3.14. The van der Waals surface area contributed by atoms with Gasteiger partial charge in [0.15, 0.2) is 0 Å². The average molecular weight is 169 g/mol. The van der Waals surface area contributed by atoms with Crippen molar-refractivity contribution in [3.63, 3.8) is 0 Å². The lowest BCUT2D eigenvalue weighted by molar-refractivity contribution is 1.47. The van der Waals surface area contributed by atoms with Crippen molar-refractivity contribution in [2.24, 2.45) is 0 Å². The second kappa shape index (κ2) is 6.10. The summed E-state index contributed by atoms with van der Waals surface area (Å²) in [4.78, 5) is 0. The number of hydrogen-bond donors (Lipinski definition) is 1. The third-order valence-electron chi connectivity index (χ3n) is 1.08. The molecule has 2 heteroatoms. The summed E-state index contributed by atoms with van der Waals surface area (Å²) in [5, 5.41) is 0. The van der Waals surface area contributed by atoms with Gasteiger partial charge in [0.2, 0.25) is 0 Å². The topological polar surface area (TPSA) is 26.0 Å². The van der Waals surface area contributed by atoms with Gasteiger partial charge in [-0.15, -0.1) is 0 Å². The Labute approximate surface area is 73.0 Å². The Morgan fingerprint density at radius 2 is 1.45 bits per heavy atom. The van der Waals surface area contributed by atoms with Gasteiger partial charge in [-0.25, -0.2) is 0 Å².